The van der Waals surface area contributed by atoms with E-state index < -0.39 is 5.97 Å². The first kappa shape index (κ1) is 17.7. The molecule has 0 spiro atoms. The maximum Gasteiger partial charge on any atom is 0.341 e. The minimum Gasteiger partial charge on any atom is -0.462 e. The summed E-state index contributed by atoms with van der Waals surface area (Å²) in [5, 5.41) is 3.40. The number of hydrogen-bond acceptors (Lipinski definition) is 5. The molecule has 0 aliphatic rings. The molecule has 1 aromatic rings. The fourth-order valence-corrected chi connectivity index (χ4v) is 2.98. The van der Waals surface area contributed by atoms with Crippen LogP contribution >= 0.6 is 11.3 Å². The van der Waals surface area contributed by atoms with Gasteiger partial charge in [-0.25, -0.2) is 4.79 Å². The lowest BCUT2D eigenvalue weighted by Gasteiger charge is -2.13. The van der Waals surface area contributed by atoms with Crippen molar-refractivity contribution in [3.8, 4) is 0 Å². The molecule has 6 heteroatoms. The average Bonchev–Trinajstić information content (AvgIpc) is 2.88. The lowest BCUT2D eigenvalue weighted by atomic mass is 10.0. The molecule has 3 N–H and O–H groups in total. The van der Waals surface area contributed by atoms with E-state index >= 15 is 0 Å². The zero-order valence-electron chi connectivity index (χ0n) is 12.9. The van der Waals surface area contributed by atoms with Gasteiger partial charge in [0.05, 0.1) is 18.1 Å². The van der Waals surface area contributed by atoms with Gasteiger partial charge in [-0.15, -0.1) is 11.3 Å². The molecular weight excluding hydrogens is 288 g/mol. The lowest BCUT2D eigenvalue weighted by Crippen LogP contribution is -2.29. The summed E-state index contributed by atoms with van der Waals surface area (Å²) in [4.78, 5) is 25.2. The maximum atomic E-state index is 12.2. The van der Waals surface area contributed by atoms with Gasteiger partial charge in [-0.3, -0.25) is 4.79 Å². The monoisotopic (exact) mass is 312 g/mol. The van der Waals surface area contributed by atoms with Gasteiger partial charge in [0, 0.05) is 11.4 Å². The van der Waals surface area contributed by atoms with Crippen LogP contribution in [0.2, 0.25) is 0 Å². The third kappa shape index (κ3) is 4.82. The van der Waals surface area contributed by atoms with E-state index in [1.165, 1.54) is 11.3 Å². The first-order valence-electron chi connectivity index (χ1n) is 7.37. The molecule has 5 nitrogen and oxygen atoms in total. The molecule has 0 fully saturated rings. The van der Waals surface area contributed by atoms with Crippen molar-refractivity contribution in [2.24, 2.45) is 11.7 Å². The minimum atomic E-state index is -0.400. The highest BCUT2D eigenvalue weighted by atomic mass is 32.1. The van der Waals surface area contributed by atoms with Gasteiger partial charge < -0.3 is 15.8 Å². The Morgan fingerprint density at radius 2 is 2.10 bits per heavy atom. The Morgan fingerprint density at radius 1 is 1.38 bits per heavy atom. The Hall–Kier alpha value is -1.40. The average molecular weight is 312 g/mol. The van der Waals surface area contributed by atoms with Crippen molar-refractivity contribution >= 4 is 28.2 Å². The largest absolute Gasteiger partial charge is 0.462 e. The molecule has 0 aliphatic carbocycles. The van der Waals surface area contributed by atoms with Gasteiger partial charge >= 0.3 is 5.97 Å². The van der Waals surface area contributed by atoms with Gasteiger partial charge in [0.15, 0.2) is 0 Å². The van der Waals surface area contributed by atoms with E-state index in [0.29, 0.717) is 23.7 Å². The van der Waals surface area contributed by atoms with Crippen molar-refractivity contribution < 1.29 is 14.3 Å². The van der Waals surface area contributed by atoms with Gasteiger partial charge in [0.25, 0.3) is 0 Å². The fraction of sp³-hybridized carbons (Fsp3) is 0.600. The zero-order chi connectivity index (χ0) is 15.8. The molecule has 118 valence electrons. The zero-order valence-corrected chi connectivity index (χ0v) is 13.7. The summed E-state index contributed by atoms with van der Waals surface area (Å²) in [6, 6.07) is 1.79. The standard InChI is InChI=1S/C15H24N2O3S/c1-4-7-10(9-16)13(18)17-14-12(15(19)20-6-3)8-11(5-2)21-14/h8,10H,4-7,9,16H2,1-3H3,(H,17,18). The first-order valence-corrected chi connectivity index (χ1v) is 8.19. The van der Waals surface area contributed by atoms with E-state index in [9.17, 15) is 9.59 Å². The van der Waals surface area contributed by atoms with Crippen LogP contribution in [0.15, 0.2) is 6.07 Å². The first-order chi connectivity index (χ1) is 10.1. The molecule has 0 saturated carbocycles. The molecule has 1 heterocycles. The lowest BCUT2D eigenvalue weighted by molar-refractivity contribution is -0.119. The predicted molar refractivity (Wildman–Crippen MR) is 85.7 cm³/mol. The SMILES string of the molecule is CCCC(CN)C(=O)Nc1sc(CC)cc1C(=O)OCC. The van der Waals surface area contributed by atoms with Crippen molar-refractivity contribution in [1.82, 2.24) is 0 Å². The summed E-state index contributed by atoms with van der Waals surface area (Å²) < 4.78 is 5.03. The number of anilines is 1. The van der Waals surface area contributed by atoms with Crippen LogP contribution in [-0.2, 0) is 16.0 Å². The van der Waals surface area contributed by atoms with E-state index in [4.69, 9.17) is 10.5 Å². The van der Waals surface area contributed by atoms with E-state index in [1.807, 2.05) is 13.8 Å². The second-order valence-electron chi connectivity index (χ2n) is 4.74. The molecule has 1 unspecified atom stereocenters. The van der Waals surface area contributed by atoms with Crippen LogP contribution in [0.3, 0.4) is 0 Å². The summed E-state index contributed by atoms with van der Waals surface area (Å²) in [6.45, 7) is 6.40. The summed E-state index contributed by atoms with van der Waals surface area (Å²) in [5.74, 6) is -0.754. The summed E-state index contributed by atoms with van der Waals surface area (Å²) in [7, 11) is 0. The van der Waals surface area contributed by atoms with Crippen LogP contribution in [0.25, 0.3) is 0 Å². The van der Waals surface area contributed by atoms with Gasteiger partial charge in [-0.05, 0) is 25.8 Å². The number of amides is 1. The highest BCUT2D eigenvalue weighted by Crippen LogP contribution is 2.30. The van der Waals surface area contributed by atoms with Crippen LogP contribution in [0.4, 0.5) is 5.00 Å². The van der Waals surface area contributed by atoms with Crippen LogP contribution in [0.5, 0.6) is 0 Å². The number of carbonyl (C=O) groups is 2. The van der Waals surface area contributed by atoms with Crippen molar-refractivity contribution in [2.75, 3.05) is 18.5 Å². The van der Waals surface area contributed by atoms with Crippen LogP contribution in [0, 0.1) is 5.92 Å². The summed E-state index contributed by atoms with van der Waals surface area (Å²) >= 11 is 1.41. The smallest absolute Gasteiger partial charge is 0.341 e. The van der Waals surface area contributed by atoms with E-state index in [1.54, 1.807) is 13.0 Å². The van der Waals surface area contributed by atoms with Crippen molar-refractivity contribution in [2.45, 2.75) is 40.0 Å². The van der Waals surface area contributed by atoms with Crippen molar-refractivity contribution in [3.05, 3.63) is 16.5 Å². The Morgan fingerprint density at radius 3 is 2.62 bits per heavy atom. The number of aryl methyl sites for hydroxylation is 1. The normalized spacial score (nSPS) is 12.0. The highest BCUT2D eigenvalue weighted by Gasteiger charge is 2.22. The molecule has 1 atom stereocenters. The number of nitrogens with one attached hydrogen (secondary N) is 1. The van der Waals surface area contributed by atoms with Crippen molar-refractivity contribution in [3.63, 3.8) is 0 Å². The second kappa shape index (κ2) is 8.79. The number of carbonyl (C=O) groups excluding carboxylic acids is 2. The van der Waals surface area contributed by atoms with Gasteiger partial charge in [-0.2, -0.15) is 0 Å². The molecule has 0 radical (unpaired) electrons. The third-order valence-corrected chi connectivity index (χ3v) is 4.35. The van der Waals surface area contributed by atoms with Crippen LogP contribution < -0.4 is 11.1 Å². The molecule has 0 saturated heterocycles. The number of thiophene rings is 1. The van der Waals surface area contributed by atoms with Gasteiger partial charge in [-0.1, -0.05) is 20.3 Å². The minimum absolute atomic E-state index is 0.130. The highest BCUT2D eigenvalue weighted by molar-refractivity contribution is 7.16. The van der Waals surface area contributed by atoms with Crippen molar-refractivity contribution in [1.29, 1.82) is 0 Å². The van der Waals surface area contributed by atoms with Gasteiger partial charge in [0.2, 0.25) is 5.91 Å². The van der Waals surface area contributed by atoms with E-state index in [2.05, 4.69) is 5.32 Å². The molecule has 1 aromatic heterocycles. The molecule has 0 aromatic carbocycles. The van der Waals surface area contributed by atoms with E-state index in [0.717, 1.165) is 24.1 Å². The number of rotatable bonds is 8. The topological polar surface area (TPSA) is 81.4 Å². The van der Waals surface area contributed by atoms with Gasteiger partial charge in [0.1, 0.15) is 5.00 Å². The number of hydrogen-bond donors (Lipinski definition) is 2. The number of ether oxygens (including phenoxy) is 1. The molecule has 21 heavy (non-hydrogen) atoms. The Balaban J connectivity index is 2.93. The summed E-state index contributed by atoms with van der Waals surface area (Å²) in [6.07, 6.45) is 2.44. The predicted octanol–water partition coefficient (Wildman–Crippen LogP) is 2.80. The number of esters is 1. The molecular formula is C15H24N2O3S. The van der Waals surface area contributed by atoms with Crippen LogP contribution in [-0.4, -0.2) is 25.0 Å². The van der Waals surface area contributed by atoms with Crippen LogP contribution in [0.1, 0.15) is 48.8 Å². The Bertz CT molecular complexity index is 485. The Labute approximate surface area is 129 Å². The molecule has 0 bridgehead atoms. The molecule has 0 aliphatic heterocycles. The second-order valence-corrected chi connectivity index (χ2v) is 5.88. The number of nitrogens with two attached hydrogens (primary N) is 1. The molecule has 1 rings (SSSR count). The quantitative estimate of drug-likeness (QED) is 0.723. The fourth-order valence-electron chi connectivity index (χ4n) is 1.99. The van der Waals surface area contributed by atoms with E-state index in [-0.39, 0.29) is 11.8 Å². The summed E-state index contributed by atoms with van der Waals surface area (Å²) in [5.41, 5.74) is 6.07. The molecule has 1 amide bonds. The Kier molecular flexibility index (Phi) is 7.39. The third-order valence-electron chi connectivity index (χ3n) is 3.16. The maximum absolute atomic E-state index is 12.2.